The van der Waals surface area contributed by atoms with E-state index in [1.807, 2.05) is 24.4 Å². The Bertz CT molecular complexity index is 1010. The number of fused-ring (bicyclic) bond motifs is 1. The van der Waals surface area contributed by atoms with Crippen LogP contribution >= 0.6 is 0 Å². The van der Waals surface area contributed by atoms with E-state index in [1.54, 1.807) is 6.08 Å². The fraction of sp³-hybridized carbons (Fsp3) is 0.100. The van der Waals surface area contributed by atoms with Gasteiger partial charge in [0.05, 0.1) is 0 Å². The lowest BCUT2D eigenvalue weighted by atomic mass is 10.1. The summed E-state index contributed by atoms with van der Waals surface area (Å²) in [7, 11) is 0. The molecule has 5 heteroatoms. The SMILES string of the molecule is Cc1ccc(Cn2cc(/C=C3/NC(=O)NC3=O)c3ccccc32)cc1. The number of aromatic nitrogens is 1. The van der Waals surface area contributed by atoms with Crippen LogP contribution in [0.15, 0.2) is 60.4 Å². The molecule has 25 heavy (non-hydrogen) atoms. The van der Waals surface area contributed by atoms with Gasteiger partial charge < -0.3 is 9.88 Å². The first-order valence-corrected chi connectivity index (χ1v) is 8.07. The van der Waals surface area contributed by atoms with E-state index in [-0.39, 0.29) is 5.70 Å². The Labute approximate surface area is 145 Å². The molecule has 2 aromatic carbocycles. The van der Waals surface area contributed by atoms with Crippen LogP contribution in [0.3, 0.4) is 0 Å². The molecule has 5 nitrogen and oxygen atoms in total. The molecule has 3 aromatic rings. The Morgan fingerprint density at radius 1 is 1.00 bits per heavy atom. The molecule has 3 amide bonds. The standard InChI is InChI=1S/C20H17N3O2/c1-13-6-8-14(9-7-13)11-23-12-15(16-4-2-3-5-18(16)23)10-17-19(24)22-20(25)21-17/h2-10,12H,11H2,1H3,(H2,21,22,24,25)/b17-10+. The normalized spacial score (nSPS) is 15.6. The number of para-hydroxylation sites is 1. The van der Waals surface area contributed by atoms with Crippen LogP contribution in [0.2, 0.25) is 0 Å². The summed E-state index contributed by atoms with van der Waals surface area (Å²) in [5.41, 5.74) is 4.69. The number of imide groups is 1. The first-order chi connectivity index (χ1) is 12.1. The van der Waals surface area contributed by atoms with Gasteiger partial charge in [0, 0.05) is 29.2 Å². The van der Waals surface area contributed by atoms with Crippen molar-refractivity contribution in [3.8, 4) is 0 Å². The van der Waals surface area contributed by atoms with Crippen LogP contribution in [0.25, 0.3) is 17.0 Å². The smallest absolute Gasteiger partial charge is 0.326 e. The van der Waals surface area contributed by atoms with E-state index in [2.05, 4.69) is 52.5 Å². The fourth-order valence-corrected chi connectivity index (χ4v) is 3.05. The highest BCUT2D eigenvalue weighted by Crippen LogP contribution is 2.24. The lowest BCUT2D eigenvalue weighted by Crippen LogP contribution is -2.22. The van der Waals surface area contributed by atoms with E-state index in [0.717, 1.165) is 23.0 Å². The molecule has 124 valence electrons. The van der Waals surface area contributed by atoms with Crippen LogP contribution in [0.1, 0.15) is 16.7 Å². The minimum absolute atomic E-state index is 0.267. The number of benzene rings is 2. The second-order valence-corrected chi connectivity index (χ2v) is 6.18. The number of carbonyl (C=O) groups excluding carboxylic acids is 2. The summed E-state index contributed by atoms with van der Waals surface area (Å²) < 4.78 is 2.15. The highest BCUT2D eigenvalue weighted by Gasteiger charge is 2.23. The molecule has 0 aliphatic carbocycles. The number of urea groups is 1. The summed E-state index contributed by atoms with van der Waals surface area (Å²) in [6.07, 6.45) is 3.73. The zero-order chi connectivity index (χ0) is 17.4. The number of hydrogen-bond donors (Lipinski definition) is 2. The van der Waals surface area contributed by atoms with Crippen molar-refractivity contribution < 1.29 is 9.59 Å². The predicted octanol–water partition coefficient (Wildman–Crippen LogP) is 3.18. The van der Waals surface area contributed by atoms with E-state index in [0.29, 0.717) is 0 Å². The maximum Gasteiger partial charge on any atom is 0.326 e. The predicted molar refractivity (Wildman–Crippen MR) is 96.9 cm³/mol. The van der Waals surface area contributed by atoms with Crippen molar-refractivity contribution in [1.82, 2.24) is 15.2 Å². The monoisotopic (exact) mass is 331 g/mol. The first kappa shape index (κ1) is 15.2. The van der Waals surface area contributed by atoms with Crippen molar-refractivity contribution in [3.63, 3.8) is 0 Å². The third-order valence-corrected chi connectivity index (χ3v) is 4.31. The summed E-state index contributed by atoms with van der Waals surface area (Å²) >= 11 is 0. The minimum atomic E-state index is -0.486. The van der Waals surface area contributed by atoms with Gasteiger partial charge in [-0.05, 0) is 24.6 Å². The molecule has 1 fully saturated rings. The molecule has 0 saturated carbocycles. The zero-order valence-corrected chi connectivity index (χ0v) is 13.7. The van der Waals surface area contributed by atoms with Crippen molar-refractivity contribution in [2.45, 2.75) is 13.5 Å². The number of nitrogens with one attached hydrogen (secondary N) is 2. The number of hydrogen-bond acceptors (Lipinski definition) is 2. The van der Waals surface area contributed by atoms with Gasteiger partial charge >= 0.3 is 6.03 Å². The molecule has 4 rings (SSSR count). The number of nitrogens with zero attached hydrogens (tertiary/aromatic N) is 1. The molecule has 2 heterocycles. The van der Waals surface area contributed by atoms with Crippen LogP contribution in [0.5, 0.6) is 0 Å². The molecular weight excluding hydrogens is 314 g/mol. The Hall–Kier alpha value is -3.34. The van der Waals surface area contributed by atoms with Crippen LogP contribution in [-0.4, -0.2) is 16.5 Å². The van der Waals surface area contributed by atoms with Gasteiger partial charge in [0.2, 0.25) is 0 Å². The van der Waals surface area contributed by atoms with Gasteiger partial charge in [-0.15, -0.1) is 0 Å². The van der Waals surface area contributed by atoms with Gasteiger partial charge in [-0.2, -0.15) is 0 Å². The average molecular weight is 331 g/mol. The Morgan fingerprint density at radius 3 is 2.48 bits per heavy atom. The van der Waals surface area contributed by atoms with E-state index in [9.17, 15) is 9.59 Å². The average Bonchev–Trinajstić information content (AvgIpc) is 3.10. The molecule has 0 spiro atoms. The minimum Gasteiger partial charge on any atom is -0.342 e. The number of rotatable bonds is 3. The van der Waals surface area contributed by atoms with Crippen LogP contribution in [0, 0.1) is 6.92 Å². The topological polar surface area (TPSA) is 63.1 Å². The highest BCUT2D eigenvalue weighted by molar-refractivity contribution is 6.14. The van der Waals surface area contributed by atoms with Crippen molar-refractivity contribution in [3.05, 3.63) is 77.1 Å². The summed E-state index contributed by atoms with van der Waals surface area (Å²) in [4.78, 5) is 23.1. The van der Waals surface area contributed by atoms with E-state index in [4.69, 9.17) is 0 Å². The lowest BCUT2D eigenvalue weighted by Gasteiger charge is -2.06. The number of aryl methyl sites for hydroxylation is 1. The number of amides is 3. The molecule has 1 aromatic heterocycles. The summed E-state index contributed by atoms with van der Waals surface area (Å²) in [5.74, 6) is -0.402. The maximum absolute atomic E-state index is 11.8. The van der Waals surface area contributed by atoms with Gasteiger partial charge in [-0.25, -0.2) is 4.79 Å². The second kappa shape index (κ2) is 5.94. The molecule has 2 N–H and O–H groups in total. The van der Waals surface area contributed by atoms with Gasteiger partial charge in [-0.1, -0.05) is 48.0 Å². The molecule has 1 aliphatic rings. The molecule has 0 unspecified atom stereocenters. The Balaban J connectivity index is 1.76. The summed E-state index contributed by atoms with van der Waals surface area (Å²) in [6.45, 7) is 2.81. The van der Waals surface area contributed by atoms with Gasteiger partial charge in [0.1, 0.15) is 5.70 Å². The van der Waals surface area contributed by atoms with Crippen LogP contribution in [-0.2, 0) is 11.3 Å². The van der Waals surface area contributed by atoms with E-state index >= 15 is 0 Å². The molecule has 1 saturated heterocycles. The van der Waals surface area contributed by atoms with Crippen LogP contribution in [0.4, 0.5) is 4.79 Å². The molecule has 0 atom stereocenters. The Morgan fingerprint density at radius 2 is 1.76 bits per heavy atom. The van der Waals surface area contributed by atoms with Crippen LogP contribution < -0.4 is 10.6 Å². The van der Waals surface area contributed by atoms with Gasteiger partial charge in [0.25, 0.3) is 5.91 Å². The van der Waals surface area contributed by atoms with E-state index in [1.165, 1.54) is 11.1 Å². The molecule has 1 aliphatic heterocycles. The quantitative estimate of drug-likeness (QED) is 0.572. The van der Waals surface area contributed by atoms with Crippen molar-refractivity contribution in [1.29, 1.82) is 0 Å². The largest absolute Gasteiger partial charge is 0.342 e. The van der Waals surface area contributed by atoms with Crippen molar-refractivity contribution >= 4 is 28.9 Å². The van der Waals surface area contributed by atoms with Gasteiger partial charge in [-0.3, -0.25) is 10.1 Å². The zero-order valence-electron chi connectivity index (χ0n) is 13.7. The molecule has 0 radical (unpaired) electrons. The first-order valence-electron chi connectivity index (χ1n) is 8.07. The third-order valence-electron chi connectivity index (χ3n) is 4.31. The molecular formula is C20H17N3O2. The summed E-state index contributed by atoms with van der Waals surface area (Å²) in [5, 5.41) is 5.80. The van der Waals surface area contributed by atoms with E-state index < -0.39 is 11.9 Å². The lowest BCUT2D eigenvalue weighted by molar-refractivity contribution is -0.115. The van der Waals surface area contributed by atoms with Crippen molar-refractivity contribution in [2.24, 2.45) is 0 Å². The summed E-state index contributed by atoms with van der Waals surface area (Å²) in [6, 6.07) is 16.0. The number of carbonyl (C=O) groups is 2. The van der Waals surface area contributed by atoms with Gasteiger partial charge in [0.15, 0.2) is 0 Å². The highest BCUT2D eigenvalue weighted by atomic mass is 16.2. The molecule has 0 bridgehead atoms. The second-order valence-electron chi connectivity index (χ2n) is 6.18. The fourth-order valence-electron chi connectivity index (χ4n) is 3.05. The Kier molecular flexibility index (Phi) is 3.61. The third kappa shape index (κ3) is 2.92. The van der Waals surface area contributed by atoms with Crippen molar-refractivity contribution in [2.75, 3.05) is 0 Å². The maximum atomic E-state index is 11.8.